The fraction of sp³-hybridized carbons (Fsp3) is 0.211. The Hall–Kier alpha value is -2.86. The number of nitrogens with zero attached hydrogens (tertiary/aromatic N) is 3. The van der Waals surface area contributed by atoms with Gasteiger partial charge in [0, 0.05) is 24.3 Å². The van der Waals surface area contributed by atoms with Gasteiger partial charge in [0.15, 0.2) is 0 Å². The van der Waals surface area contributed by atoms with Crippen molar-refractivity contribution in [2.75, 3.05) is 11.9 Å². The molecule has 26 heavy (non-hydrogen) atoms. The molecule has 0 saturated heterocycles. The second kappa shape index (κ2) is 8.01. The number of aromatic nitrogens is 2. The molecular weight excluding hydrogens is 352 g/mol. The van der Waals surface area contributed by atoms with E-state index in [1.165, 1.54) is 6.07 Å². The number of hydrogen-bond acceptors (Lipinski definition) is 4. The van der Waals surface area contributed by atoms with Crippen LogP contribution in [0.1, 0.15) is 12.1 Å². The Balaban J connectivity index is 1.61. The number of aryl methyl sites for hydroxylation is 1. The van der Waals surface area contributed by atoms with Crippen molar-refractivity contribution in [3.05, 3.63) is 75.7 Å². The van der Waals surface area contributed by atoms with Gasteiger partial charge in [-0.2, -0.15) is 0 Å². The van der Waals surface area contributed by atoms with E-state index >= 15 is 0 Å². The lowest BCUT2D eigenvalue weighted by Crippen LogP contribution is -2.08. The van der Waals surface area contributed by atoms with Gasteiger partial charge in [-0.1, -0.05) is 48.0 Å². The molecule has 0 radical (unpaired) electrons. The summed E-state index contributed by atoms with van der Waals surface area (Å²) < 4.78 is 2.09. The molecule has 2 aromatic carbocycles. The van der Waals surface area contributed by atoms with E-state index in [-0.39, 0.29) is 10.7 Å². The second-order valence-electron chi connectivity index (χ2n) is 5.91. The molecule has 1 N–H and O–H groups in total. The smallest absolute Gasteiger partial charge is 0.310 e. The molecule has 1 aromatic heterocycles. The van der Waals surface area contributed by atoms with E-state index in [1.54, 1.807) is 12.1 Å². The van der Waals surface area contributed by atoms with Gasteiger partial charge in [0.2, 0.25) is 0 Å². The normalized spacial score (nSPS) is 10.7. The predicted octanol–water partition coefficient (Wildman–Crippen LogP) is 4.92. The number of rotatable bonds is 7. The van der Waals surface area contributed by atoms with E-state index in [0.29, 0.717) is 12.2 Å². The van der Waals surface area contributed by atoms with Gasteiger partial charge in [-0.3, -0.25) is 10.1 Å². The van der Waals surface area contributed by atoms with E-state index < -0.39 is 4.92 Å². The topological polar surface area (TPSA) is 73.0 Å². The van der Waals surface area contributed by atoms with E-state index in [9.17, 15) is 10.1 Å². The first-order valence-electron chi connectivity index (χ1n) is 8.32. The number of benzene rings is 2. The fourth-order valence-electron chi connectivity index (χ4n) is 2.86. The number of nitrogens with one attached hydrogen (secondary N) is 1. The Kier molecular flexibility index (Phi) is 5.53. The standard InChI is InChI=1S/C19H19ClN4O2/c1-14-18(15-7-3-2-4-8-15)22-13-23(14)12-6-11-21-17-10-5-9-16(20)19(17)24(25)26/h2-5,7-10,13,21H,6,11-12H2,1H3. The van der Waals surface area contributed by atoms with Crippen LogP contribution < -0.4 is 5.32 Å². The average molecular weight is 371 g/mol. The van der Waals surface area contributed by atoms with Crippen LogP contribution in [-0.4, -0.2) is 21.0 Å². The van der Waals surface area contributed by atoms with Gasteiger partial charge >= 0.3 is 5.69 Å². The number of halogens is 1. The molecule has 0 unspecified atom stereocenters. The molecule has 3 rings (SSSR count). The van der Waals surface area contributed by atoms with E-state index in [0.717, 1.165) is 29.9 Å². The zero-order valence-electron chi connectivity index (χ0n) is 14.4. The number of nitro benzene ring substituents is 1. The molecule has 7 heteroatoms. The minimum absolute atomic E-state index is 0.0839. The number of imidazole rings is 1. The van der Waals surface area contributed by atoms with Gasteiger partial charge in [-0.25, -0.2) is 4.98 Å². The van der Waals surface area contributed by atoms with Crippen LogP contribution in [0.3, 0.4) is 0 Å². The van der Waals surface area contributed by atoms with Crippen molar-refractivity contribution in [1.29, 1.82) is 0 Å². The van der Waals surface area contributed by atoms with E-state index in [4.69, 9.17) is 11.6 Å². The summed E-state index contributed by atoms with van der Waals surface area (Å²) in [6, 6.07) is 14.9. The highest BCUT2D eigenvalue weighted by Gasteiger charge is 2.17. The molecule has 134 valence electrons. The summed E-state index contributed by atoms with van der Waals surface area (Å²) in [6.07, 6.45) is 2.63. The highest BCUT2D eigenvalue weighted by molar-refractivity contribution is 6.33. The van der Waals surface area contributed by atoms with Crippen molar-refractivity contribution < 1.29 is 4.92 Å². The molecule has 6 nitrogen and oxygen atoms in total. The molecule has 0 aliphatic heterocycles. The van der Waals surface area contributed by atoms with Gasteiger partial charge in [0.25, 0.3) is 0 Å². The van der Waals surface area contributed by atoms with E-state index in [1.807, 2.05) is 43.6 Å². The molecule has 3 aromatic rings. The molecule has 0 saturated carbocycles. The Bertz CT molecular complexity index is 909. The van der Waals surface area contributed by atoms with Crippen LogP contribution >= 0.6 is 11.6 Å². The van der Waals surface area contributed by atoms with Crippen LogP contribution in [0.15, 0.2) is 54.9 Å². The highest BCUT2D eigenvalue weighted by atomic mass is 35.5. The first-order valence-corrected chi connectivity index (χ1v) is 8.69. The molecule has 0 aliphatic carbocycles. The Morgan fingerprint density at radius 3 is 2.69 bits per heavy atom. The van der Waals surface area contributed by atoms with Crippen molar-refractivity contribution in [2.45, 2.75) is 19.9 Å². The number of para-hydroxylation sites is 1. The van der Waals surface area contributed by atoms with Crippen molar-refractivity contribution in [2.24, 2.45) is 0 Å². The average Bonchev–Trinajstić information content (AvgIpc) is 3.00. The first kappa shape index (κ1) is 17.9. The number of nitro groups is 1. The number of anilines is 1. The van der Waals surface area contributed by atoms with Crippen molar-refractivity contribution >= 4 is 23.0 Å². The largest absolute Gasteiger partial charge is 0.379 e. The van der Waals surface area contributed by atoms with Gasteiger partial charge in [-0.05, 0) is 25.5 Å². The number of hydrogen-bond donors (Lipinski definition) is 1. The Morgan fingerprint density at radius 2 is 1.96 bits per heavy atom. The quantitative estimate of drug-likeness (QED) is 0.364. The molecule has 0 fully saturated rings. The third-order valence-corrected chi connectivity index (χ3v) is 4.51. The van der Waals surface area contributed by atoms with E-state index in [2.05, 4.69) is 14.9 Å². The first-order chi connectivity index (χ1) is 12.6. The lowest BCUT2D eigenvalue weighted by Gasteiger charge is -2.09. The van der Waals surface area contributed by atoms with Gasteiger partial charge < -0.3 is 9.88 Å². The Labute approximate surface area is 156 Å². The molecular formula is C19H19ClN4O2. The van der Waals surface area contributed by atoms with Crippen LogP contribution in [0.25, 0.3) is 11.3 Å². The third kappa shape index (κ3) is 3.86. The van der Waals surface area contributed by atoms with Gasteiger partial charge in [0.05, 0.1) is 16.9 Å². The van der Waals surface area contributed by atoms with Crippen LogP contribution in [0.5, 0.6) is 0 Å². The predicted molar refractivity (Wildman–Crippen MR) is 104 cm³/mol. The zero-order valence-corrected chi connectivity index (χ0v) is 15.1. The van der Waals surface area contributed by atoms with Crippen LogP contribution in [-0.2, 0) is 6.54 Å². The van der Waals surface area contributed by atoms with Crippen LogP contribution in [0.4, 0.5) is 11.4 Å². The zero-order chi connectivity index (χ0) is 18.5. The maximum absolute atomic E-state index is 11.1. The maximum atomic E-state index is 11.1. The second-order valence-corrected chi connectivity index (χ2v) is 6.32. The summed E-state index contributed by atoms with van der Waals surface area (Å²) in [5.74, 6) is 0. The molecule has 0 atom stereocenters. The SMILES string of the molecule is Cc1c(-c2ccccc2)ncn1CCCNc1cccc(Cl)c1[N+](=O)[O-]. The summed E-state index contributed by atoms with van der Waals surface area (Å²) in [5.41, 5.74) is 3.53. The molecule has 1 heterocycles. The fourth-order valence-corrected chi connectivity index (χ4v) is 3.11. The summed E-state index contributed by atoms with van der Waals surface area (Å²) in [7, 11) is 0. The van der Waals surface area contributed by atoms with Crippen molar-refractivity contribution in [3.8, 4) is 11.3 Å². The van der Waals surface area contributed by atoms with Gasteiger partial charge in [-0.15, -0.1) is 0 Å². The lowest BCUT2D eigenvalue weighted by atomic mass is 10.1. The summed E-state index contributed by atoms with van der Waals surface area (Å²) >= 11 is 5.92. The minimum Gasteiger partial charge on any atom is -0.379 e. The Morgan fingerprint density at radius 1 is 1.19 bits per heavy atom. The summed E-state index contributed by atoms with van der Waals surface area (Å²) in [5, 5.41) is 14.4. The van der Waals surface area contributed by atoms with Crippen LogP contribution in [0, 0.1) is 17.0 Å². The van der Waals surface area contributed by atoms with Crippen LogP contribution in [0.2, 0.25) is 5.02 Å². The molecule has 0 amide bonds. The summed E-state index contributed by atoms with van der Waals surface area (Å²) in [6.45, 7) is 3.41. The lowest BCUT2D eigenvalue weighted by molar-refractivity contribution is -0.383. The highest BCUT2D eigenvalue weighted by Crippen LogP contribution is 2.32. The summed E-state index contributed by atoms with van der Waals surface area (Å²) in [4.78, 5) is 15.2. The van der Waals surface area contributed by atoms with Crippen molar-refractivity contribution in [3.63, 3.8) is 0 Å². The van der Waals surface area contributed by atoms with Crippen molar-refractivity contribution in [1.82, 2.24) is 9.55 Å². The molecule has 0 aliphatic rings. The molecule has 0 spiro atoms. The van der Waals surface area contributed by atoms with Gasteiger partial charge in [0.1, 0.15) is 10.7 Å². The minimum atomic E-state index is -0.461. The third-order valence-electron chi connectivity index (χ3n) is 4.21. The molecule has 0 bridgehead atoms. The monoisotopic (exact) mass is 370 g/mol. The maximum Gasteiger partial charge on any atom is 0.310 e.